The molecule has 3 rings (SSSR count). The van der Waals surface area contributed by atoms with Crippen LogP contribution in [0.25, 0.3) is 0 Å². The summed E-state index contributed by atoms with van der Waals surface area (Å²) >= 11 is 0. The Hall–Kier alpha value is -4.26. The molecule has 0 atom stereocenters. The number of amides is 2. The van der Waals surface area contributed by atoms with Crippen LogP contribution in [0.5, 0.6) is 5.75 Å². The molecule has 31 heavy (non-hydrogen) atoms. The van der Waals surface area contributed by atoms with Gasteiger partial charge in [0, 0.05) is 22.3 Å². The molecular formula is C24H22N4O3. The molecule has 7 heteroatoms. The smallest absolute Gasteiger partial charge is 0.271 e. The van der Waals surface area contributed by atoms with Crippen molar-refractivity contribution in [3.05, 3.63) is 101 Å². The highest BCUT2D eigenvalue weighted by atomic mass is 16.5. The average molecular weight is 414 g/mol. The molecule has 0 bridgehead atoms. The Morgan fingerprint density at radius 2 is 1.19 bits per heavy atom. The summed E-state index contributed by atoms with van der Waals surface area (Å²) in [7, 11) is 1.53. The van der Waals surface area contributed by atoms with Crippen molar-refractivity contribution in [3.63, 3.8) is 0 Å². The Bertz CT molecular complexity index is 1030. The topological polar surface area (TPSA) is 92.2 Å². The van der Waals surface area contributed by atoms with E-state index in [2.05, 4.69) is 21.1 Å². The second-order valence-electron chi connectivity index (χ2n) is 6.61. The fraction of sp³-hybridized carbons (Fsp3) is 0.0833. The third-order valence-electron chi connectivity index (χ3n) is 4.31. The van der Waals surface area contributed by atoms with Gasteiger partial charge in [-0.1, -0.05) is 36.4 Å². The minimum atomic E-state index is -0.311. The van der Waals surface area contributed by atoms with E-state index in [9.17, 15) is 9.59 Å². The van der Waals surface area contributed by atoms with Crippen LogP contribution in [0, 0.1) is 6.92 Å². The molecule has 0 saturated heterocycles. The summed E-state index contributed by atoms with van der Waals surface area (Å²) in [6.45, 7) is 1.92. The summed E-state index contributed by atoms with van der Waals surface area (Å²) in [4.78, 5) is 24.3. The number of rotatable bonds is 7. The number of ether oxygens (including phenoxy) is 1. The predicted molar refractivity (Wildman–Crippen MR) is 121 cm³/mol. The van der Waals surface area contributed by atoms with Gasteiger partial charge in [-0.25, -0.2) is 10.9 Å². The van der Waals surface area contributed by atoms with E-state index in [1.807, 2.05) is 31.2 Å². The maximum Gasteiger partial charge on any atom is 0.271 e. The normalized spacial score (nSPS) is 10.9. The van der Waals surface area contributed by atoms with Crippen molar-refractivity contribution >= 4 is 24.2 Å². The van der Waals surface area contributed by atoms with E-state index in [0.717, 1.165) is 5.56 Å². The lowest BCUT2D eigenvalue weighted by Gasteiger charge is -2.10. The lowest BCUT2D eigenvalue weighted by molar-refractivity contribution is 0.0947. The molecule has 0 unspecified atom stereocenters. The standard InChI is InChI=1S/C24H22N4O3/c1-17-13-20(15-25-27-23(29)18-9-5-3-6-10-18)22(31-2)21(14-17)16-26-28-24(30)19-11-7-4-8-12-19/h3-16H,1-2H3,(H,27,29)(H,28,30)/b25-15-,26-16-. The van der Waals surface area contributed by atoms with Crippen LogP contribution in [-0.2, 0) is 0 Å². The van der Waals surface area contributed by atoms with Crippen LogP contribution in [0.3, 0.4) is 0 Å². The number of methoxy groups -OCH3 is 1. The van der Waals surface area contributed by atoms with Crippen molar-refractivity contribution in [1.82, 2.24) is 10.9 Å². The quantitative estimate of drug-likeness (QED) is 0.458. The van der Waals surface area contributed by atoms with Gasteiger partial charge in [0.15, 0.2) is 0 Å². The van der Waals surface area contributed by atoms with Crippen molar-refractivity contribution in [2.45, 2.75) is 6.92 Å². The van der Waals surface area contributed by atoms with E-state index in [1.54, 1.807) is 48.5 Å². The van der Waals surface area contributed by atoms with Gasteiger partial charge >= 0.3 is 0 Å². The SMILES string of the molecule is COc1c(/C=N\NC(=O)c2ccccc2)cc(C)cc1/C=N\NC(=O)c1ccccc1. The number of nitrogens with zero attached hydrogens (tertiary/aromatic N) is 2. The number of hydrazone groups is 2. The van der Waals surface area contributed by atoms with Gasteiger partial charge < -0.3 is 4.74 Å². The van der Waals surface area contributed by atoms with Crippen molar-refractivity contribution in [2.75, 3.05) is 7.11 Å². The Balaban J connectivity index is 1.73. The van der Waals surface area contributed by atoms with Crippen LogP contribution in [0.4, 0.5) is 0 Å². The van der Waals surface area contributed by atoms with Crippen LogP contribution in [0.1, 0.15) is 37.4 Å². The molecule has 0 fully saturated rings. The van der Waals surface area contributed by atoms with E-state index in [4.69, 9.17) is 4.74 Å². The fourth-order valence-electron chi connectivity index (χ4n) is 2.89. The van der Waals surface area contributed by atoms with Gasteiger partial charge in [-0.3, -0.25) is 9.59 Å². The molecule has 0 radical (unpaired) electrons. The third kappa shape index (κ3) is 5.86. The monoisotopic (exact) mass is 414 g/mol. The van der Waals surface area contributed by atoms with Gasteiger partial charge in [0.2, 0.25) is 0 Å². The number of benzene rings is 3. The Labute approximate surface area is 180 Å². The molecule has 3 aromatic rings. The second-order valence-corrected chi connectivity index (χ2v) is 6.61. The van der Waals surface area contributed by atoms with E-state index in [1.165, 1.54) is 19.5 Å². The van der Waals surface area contributed by atoms with Crippen molar-refractivity contribution < 1.29 is 14.3 Å². The molecule has 2 amide bonds. The number of carbonyl (C=O) groups excluding carboxylic acids is 2. The fourth-order valence-corrected chi connectivity index (χ4v) is 2.89. The van der Waals surface area contributed by atoms with Crippen LogP contribution in [0.15, 0.2) is 83.0 Å². The number of hydrogen-bond acceptors (Lipinski definition) is 5. The molecule has 3 aromatic carbocycles. The van der Waals surface area contributed by atoms with E-state index < -0.39 is 0 Å². The van der Waals surface area contributed by atoms with Gasteiger partial charge in [-0.15, -0.1) is 0 Å². The summed E-state index contributed by atoms with van der Waals surface area (Å²) in [5.41, 5.74) is 8.28. The maximum atomic E-state index is 12.1. The summed E-state index contributed by atoms with van der Waals surface area (Å²) in [6.07, 6.45) is 3.01. The first-order valence-electron chi connectivity index (χ1n) is 9.54. The number of hydrogen-bond donors (Lipinski definition) is 2. The van der Waals surface area contributed by atoms with Gasteiger partial charge in [0.05, 0.1) is 19.5 Å². The average Bonchev–Trinajstić information content (AvgIpc) is 2.80. The summed E-state index contributed by atoms with van der Waals surface area (Å²) in [5, 5.41) is 8.08. The first-order chi connectivity index (χ1) is 15.1. The largest absolute Gasteiger partial charge is 0.495 e. The zero-order valence-electron chi connectivity index (χ0n) is 17.2. The van der Waals surface area contributed by atoms with Crippen LogP contribution < -0.4 is 15.6 Å². The first-order valence-corrected chi connectivity index (χ1v) is 9.54. The van der Waals surface area contributed by atoms with Crippen molar-refractivity contribution in [1.29, 1.82) is 0 Å². The summed E-state index contributed by atoms with van der Waals surface area (Å²) in [5.74, 6) is -0.108. The van der Waals surface area contributed by atoms with E-state index >= 15 is 0 Å². The van der Waals surface area contributed by atoms with Gasteiger partial charge in [0.25, 0.3) is 11.8 Å². The second kappa shape index (κ2) is 10.5. The van der Waals surface area contributed by atoms with Gasteiger partial charge in [-0.2, -0.15) is 10.2 Å². The summed E-state index contributed by atoms with van der Waals surface area (Å²) < 4.78 is 5.51. The number of carbonyl (C=O) groups is 2. The molecule has 0 aliphatic carbocycles. The number of aryl methyl sites for hydroxylation is 1. The molecule has 0 aliphatic heterocycles. The van der Waals surface area contributed by atoms with Crippen LogP contribution >= 0.6 is 0 Å². The first kappa shape index (κ1) is 21.4. The van der Waals surface area contributed by atoms with Crippen LogP contribution in [-0.4, -0.2) is 31.4 Å². The molecule has 0 heterocycles. The maximum absolute atomic E-state index is 12.1. The molecule has 0 aliphatic rings. The molecular weight excluding hydrogens is 392 g/mol. The minimum absolute atomic E-state index is 0.311. The molecule has 0 spiro atoms. The highest BCUT2D eigenvalue weighted by Crippen LogP contribution is 2.23. The molecule has 2 N–H and O–H groups in total. The highest BCUT2D eigenvalue weighted by Gasteiger charge is 2.09. The Morgan fingerprint density at radius 1 is 0.774 bits per heavy atom. The van der Waals surface area contributed by atoms with Crippen molar-refractivity contribution in [3.8, 4) is 5.75 Å². The zero-order chi connectivity index (χ0) is 22.1. The molecule has 156 valence electrons. The Kier molecular flexibility index (Phi) is 7.26. The lowest BCUT2D eigenvalue weighted by atomic mass is 10.1. The minimum Gasteiger partial charge on any atom is -0.495 e. The van der Waals surface area contributed by atoms with E-state index in [-0.39, 0.29) is 11.8 Å². The lowest BCUT2D eigenvalue weighted by Crippen LogP contribution is -2.18. The number of nitrogens with one attached hydrogen (secondary N) is 2. The van der Waals surface area contributed by atoms with Gasteiger partial charge in [-0.05, 0) is 48.9 Å². The molecule has 0 saturated carbocycles. The zero-order valence-corrected chi connectivity index (χ0v) is 17.2. The van der Waals surface area contributed by atoms with Crippen molar-refractivity contribution in [2.24, 2.45) is 10.2 Å². The predicted octanol–water partition coefficient (Wildman–Crippen LogP) is 3.53. The molecule has 7 nitrogen and oxygen atoms in total. The summed E-state index contributed by atoms with van der Waals surface area (Å²) in [6, 6.07) is 21.4. The van der Waals surface area contributed by atoms with Gasteiger partial charge in [0.1, 0.15) is 5.75 Å². The molecule has 0 aromatic heterocycles. The van der Waals surface area contributed by atoms with Crippen LogP contribution in [0.2, 0.25) is 0 Å². The third-order valence-corrected chi connectivity index (χ3v) is 4.31. The Morgan fingerprint density at radius 3 is 1.58 bits per heavy atom. The highest BCUT2D eigenvalue weighted by molar-refractivity contribution is 5.97. The van der Waals surface area contributed by atoms with E-state index in [0.29, 0.717) is 28.0 Å².